The van der Waals surface area contributed by atoms with Gasteiger partial charge in [0.2, 0.25) is 0 Å². The van der Waals surface area contributed by atoms with Crippen molar-refractivity contribution in [3.63, 3.8) is 0 Å². The number of amides is 1. The van der Waals surface area contributed by atoms with Crippen molar-refractivity contribution in [3.8, 4) is 10.8 Å². The topological polar surface area (TPSA) is 75.4 Å². The molecule has 1 aliphatic rings. The van der Waals surface area contributed by atoms with Crippen LogP contribution in [0.3, 0.4) is 0 Å². The summed E-state index contributed by atoms with van der Waals surface area (Å²) in [7, 11) is 0. The quantitative estimate of drug-likeness (QED) is 0.886. The maximum atomic E-state index is 12.2. The molecule has 0 atom stereocenters. The van der Waals surface area contributed by atoms with Crippen molar-refractivity contribution in [2.24, 2.45) is 5.41 Å². The Kier molecular flexibility index (Phi) is 3.35. The van der Waals surface area contributed by atoms with Crippen LogP contribution in [-0.4, -0.2) is 29.1 Å². The van der Waals surface area contributed by atoms with Crippen LogP contribution >= 0.6 is 11.3 Å². The second-order valence-electron chi connectivity index (χ2n) is 5.24. The molecule has 2 N–H and O–H groups in total. The zero-order chi connectivity index (χ0) is 14.2. The molecule has 0 aliphatic heterocycles. The molecule has 0 bridgehead atoms. The highest BCUT2D eigenvalue weighted by Gasteiger charge is 2.42. The number of nitrogens with one attached hydrogen (secondary N) is 1. The summed E-state index contributed by atoms with van der Waals surface area (Å²) >= 11 is 1.44. The van der Waals surface area contributed by atoms with Gasteiger partial charge in [0.1, 0.15) is 5.69 Å². The van der Waals surface area contributed by atoms with Crippen LogP contribution in [0.5, 0.6) is 0 Å². The monoisotopic (exact) mass is 292 g/mol. The van der Waals surface area contributed by atoms with Gasteiger partial charge in [0.15, 0.2) is 10.8 Å². The van der Waals surface area contributed by atoms with Gasteiger partial charge in [0.25, 0.3) is 5.91 Å². The van der Waals surface area contributed by atoms with Crippen LogP contribution in [0.1, 0.15) is 28.2 Å². The van der Waals surface area contributed by atoms with E-state index < -0.39 is 0 Å². The molecule has 106 valence electrons. The largest absolute Gasteiger partial charge is 0.462 e. The Labute approximate surface area is 120 Å². The molecule has 20 heavy (non-hydrogen) atoms. The van der Waals surface area contributed by atoms with E-state index in [0.717, 1.165) is 17.7 Å². The number of aliphatic hydroxyl groups is 1. The Morgan fingerprint density at radius 2 is 2.40 bits per heavy atom. The number of hydrogen-bond acceptors (Lipinski definition) is 5. The molecule has 1 saturated carbocycles. The van der Waals surface area contributed by atoms with E-state index in [1.165, 1.54) is 11.3 Å². The van der Waals surface area contributed by atoms with Crippen LogP contribution in [0, 0.1) is 12.3 Å². The smallest absolute Gasteiger partial charge is 0.271 e. The number of thiazole rings is 1. The highest BCUT2D eigenvalue weighted by molar-refractivity contribution is 7.15. The van der Waals surface area contributed by atoms with E-state index in [1.807, 2.05) is 13.0 Å². The maximum absolute atomic E-state index is 12.2. The Morgan fingerprint density at radius 3 is 3.00 bits per heavy atom. The Hall–Kier alpha value is -1.66. The Morgan fingerprint density at radius 1 is 1.60 bits per heavy atom. The summed E-state index contributed by atoms with van der Waals surface area (Å²) in [6, 6.07) is 3.62. The molecule has 6 heteroatoms. The molecular formula is C14H16N2O3S. The van der Waals surface area contributed by atoms with Crippen molar-refractivity contribution in [1.82, 2.24) is 10.3 Å². The van der Waals surface area contributed by atoms with Gasteiger partial charge in [0, 0.05) is 16.8 Å². The van der Waals surface area contributed by atoms with Gasteiger partial charge in [0.05, 0.1) is 12.9 Å². The number of carbonyl (C=O) groups is 1. The number of nitrogens with zero attached hydrogens (tertiary/aromatic N) is 1. The van der Waals surface area contributed by atoms with Gasteiger partial charge in [-0.3, -0.25) is 4.79 Å². The second kappa shape index (κ2) is 5.03. The van der Waals surface area contributed by atoms with Gasteiger partial charge in [-0.1, -0.05) is 0 Å². The first-order chi connectivity index (χ1) is 9.63. The summed E-state index contributed by atoms with van der Waals surface area (Å²) < 4.78 is 5.29. The lowest BCUT2D eigenvalue weighted by molar-refractivity contribution is 0.0930. The fourth-order valence-electron chi connectivity index (χ4n) is 2.03. The van der Waals surface area contributed by atoms with Crippen LogP contribution in [-0.2, 0) is 0 Å². The van der Waals surface area contributed by atoms with Gasteiger partial charge in [-0.05, 0) is 31.9 Å². The Bertz CT molecular complexity index is 614. The lowest BCUT2D eigenvalue weighted by Crippen LogP contribution is -2.32. The van der Waals surface area contributed by atoms with E-state index in [1.54, 1.807) is 12.3 Å². The number of hydrogen-bond donors (Lipinski definition) is 2. The third-order valence-electron chi connectivity index (χ3n) is 3.66. The minimum absolute atomic E-state index is 0.0938. The summed E-state index contributed by atoms with van der Waals surface area (Å²) in [5, 5.41) is 12.8. The summed E-state index contributed by atoms with van der Waals surface area (Å²) in [4.78, 5) is 17.4. The second-order valence-corrected chi connectivity index (χ2v) is 6.45. The van der Waals surface area contributed by atoms with Crippen molar-refractivity contribution in [1.29, 1.82) is 0 Å². The molecule has 3 rings (SSSR count). The highest BCUT2D eigenvalue weighted by Crippen LogP contribution is 2.44. The lowest BCUT2D eigenvalue weighted by Gasteiger charge is -2.11. The minimum Gasteiger partial charge on any atom is -0.462 e. The van der Waals surface area contributed by atoms with E-state index >= 15 is 0 Å². The molecule has 2 aromatic heterocycles. The normalized spacial score (nSPS) is 16.1. The third-order valence-corrected chi connectivity index (χ3v) is 4.65. The molecule has 2 aromatic rings. The van der Waals surface area contributed by atoms with Crippen molar-refractivity contribution >= 4 is 17.2 Å². The number of furan rings is 1. The highest BCUT2D eigenvalue weighted by atomic mass is 32.1. The maximum Gasteiger partial charge on any atom is 0.271 e. The molecule has 0 spiro atoms. The van der Waals surface area contributed by atoms with Crippen molar-refractivity contribution in [3.05, 3.63) is 29.0 Å². The van der Waals surface area contributed by atoms with Gasteiger partial charge in [-0.25, -0.2) is 4.98 Å². The fraction of sp³-hybridized carbons (Fsp3) is 0.429. The molecule has 5 nitrogen and oxygen atoms in total. The summed E-state index contributed by atoms with van der Waals surface area (Å²) in [5.41, 5.74) is 0.346. The van der Waals surface area contributed by atoms with Gasteiger partial charge < -0.3 is 14.8 Å². The lowest BCUT2D eigenvalue weighted by atomic mass is 10.1. The van der Waals surface area contributed by atoms with Crippen LogP contribution in [0.4, 0.5) is 0 Å². The first kappa shape index (κ1) is 13.3. The molecule has 1 aliphatic carbocycles. The number of carbonyl (C=O) groups excluding carboxylic acids is 1. The molecule has 1 fully saturated rings. The average molecular weight is 292 g/mol. The fourth-order valence-corrected chi connectivity index (χ4v) is 2.91. The van der Waals surface area contributed by atoms with Gasteiger partial charge in [-0.2, -0.15) is 0 Å². The van der Waals surface area contributed by atoms with Crippen molar-refractivity contribution < 1.29 is 14.3 Å². The summed E-state index contributed by atoms with van der Waals surface area (Å²) in [6.45, 7) is 2.51. The zero-order valence-electron chi connectivity index (χ0n) is 11.2. The average Bonchev–Trinajstić information content (AvgIpc) is 2.87. The standard InChI is InChI=1S/C14H16N2O3S/c1-9-11(12(18)15-7-14(8-17)4-5-14)16-13(20-9)10-3-2-6-19-10/h2-3,6,17H,4-5,7-8H2,1H3,(H,15,18). The van der Waals surface area contributed by atoms with Crippen molar-refractivity contribution in [2.45, 2.75) is 19.8 Å². The van der Waals surface area contributed by atoms with E-state index in [9.17, 15) is 9.90 Å². The molecule has 2 heterocycles. The van der Waals surface area contributed by atoms with Gasteiger partial charge >= 0.3 is 0 Å². The predicted molar refractivity (Wildman–Crippen MR) is 75.6 cm³/mol. The van der Waals surface area contributed by atoms with Crippen LogP contribution in [0.25, 0.3) is 10.8 Å². The molecule has 0 aromatic carbocycles. The SMILES string of the molecule is Cc1sc(-c2ccco2)nc1C(=O)NCC1(CO)CC1. The van der Waals surface area contributed by atoms with Crippen molar-refractivity contribution in [2.75, 3.05) is 13.2 Å². The van der Waals surface area contributed by atoms with E-state index in [0.29, 0.717) is 23.0 Å². The molecular weight excluding hydrogens is 276 g/mol. The van der Waals surface area contributed by atoms with E-state index in [2.05, 4.69) is 10.3 Å². The van der Waals surface area contributed by atoms with E-state index in [-0.39, 0.29) is 17.9 Å². The number of aliphatic hydroxyl groups excluding tert-OH is 1. The number of rotatable bonds is 5. The molecule has 0 saturated heterocycles. The zero-order valence-corrected chi connectivity index (χ0v) is 12.0. The summed E-state index contributed by atoms with van der Waals surface area (Å²) in [6.07, 6.45) is 3.53. The predicted octanol–water partition coefficient (Wildman–Crippen LogP) is 2.21. The Balaban J connectivity index is 1.72. The third kappa shape index (κ3) is 2.48. The van der Waals surface area contributed by atoms with Crippen LogP contribution in [0.15, 0.2) is 22.8 Å². The van der Waals surface area contributed by atoms with E-state index in [4.69, 9.17) is 4.42 Å². The minimum atomic E-state index is -0.184. The molecule has 1 amide bonds. The first-order valence-electron chi connectivity index (χ1n) is 6.54. The number of aromatic nitrogens is 1. The summed E-state index contributed by atoms with van der Waals surface area (Å²) in [5.74, 6) is 0.488. The van der Waals surface area contributed by atoms with Gasteiger partial charge in [-0.15, -0.1) is 11.3 Å². The van der Waals surface area contributed by atoms with Crippen LogP contribution in [0.2, 0.25) is 0 Å². The molecule has 0 unspecified atom stereocenters. The first-order valence-corrected chi connectivity index (χ1v) is 7.36. The number of aryl methyl sites for hydroxylation is 1. The van der Waals surface area contributed by atoms with Crippen LogP contribution < -0.4 is 5.32 Å². The molecule has 0 radical (unpaired) electrons.